The lowest BCUT2D eigenvalue weighted by Gasteiger charge is -2.14. The Morgan fingerprint density at radius 2 is 1.88 bits per heavy atom. The minimum absolute atomic E-state index is 0.0253. The Labute approximate surface area is 98.5 Å². The first kappa shape index (κ1) is 12.6. The Bertz CT molecular complexity index is 542. The van der Waals surface area contributed by atoms with Crippen molar-refractivity contribution in [1.82, 2.24) is 9.13 Å². The summed E-state index contributed by atoms with van der Waals surface area (Å²) in [6.07, 6.45) is 0. The number of aromatic nitrogens is 2. The normalized spacial score (nSPS) is 10.4. The molecule has 0 aliphatic heterocycles. The van der Waals surface area contributed by atoms with Crippen LogP contribution in [0.3, 0.4) is 0 Å². The largest absolute Gasteiger partial charge is 0.494 e. The molecule has 0 saturated heterocycles. The van der Waals surface area contributed by atoms with Crippen molar-refractivity contribution in [2.45, 2.75) is 33.9 Å². The molecule has 1 rings (SSSR count). The van der Waals surface area contributed by atoms with Crippen molar-refractivity contribution in [3.8, 4) is 5.88 Å². The van der Waals surface area contributed by atoms with Crippen molar-refractivity contribution in [3.05, 3.63) is 20.7 Å². The Morgan fingerprint density at radius 1 is 1.38 bits per heavy atom. The van der Waals surface area contributed by atoms with Crippen molar-refractivity contribution in [3.63, 3.8) is 0 Å². The van der Waals surface area contributed by atoms with Gasteiger partial charge in [-0.05, 0) is 33.0 Å². The summed E-state index contributed by atoms with van der Waals surface area (Å²) >= 11 is 5.11. The minimum Gasteiger partial charge on any atom is -0.494 e. The van der Waals surface area contributed by atoms with E-state index in [0.29, 0.717) is 13.1 Å². The summed E-state index contributed by atoms with van der Waals surface area (Å²) in [5.74, 6) is -0.213. The maximum atomic E-state index is 11.9. The third-order valence-electron chi connectivity index (χ3n) is 2.41. The van der Waals surface area contributed by atoms with Crippen LogP contribution in [0.5, 0.6) is 5.88 Å². The Balaban J connectivity index is 3.85. The fraction of sp³-hybridized carbons (Fsp3) is 0.500. The van der Waals surface area contributed by atoms with Gasteiger partial charge in [0.2, 0.25) is 5.88 Å². The van der Waals surface area contributed by atoms with Gasteiger partial charge in [-0.3, -0.25) is 13.9 Å². The van der Waals surface area contributed by atoms with E-state index in [0.717, 1.165) is 0 Å². The van der Waals surface area contributed by atoms with E-state index in [2.05, 4.69) is 0 Å². The van der Waals surface area contributed by atoms with Crippen LogP contribution in [0, 0.1) is 10.2 Å². The molecule has 0 aliphatic carbocycles. The third-order valence-corrected chi connectivity index (χ3v) is 2.85. The van der Waals surface area contributed by atoms with E-state index in [9.17, 15) is 9.90 Å². The van der Waals surface area contributed by atoms with Gasteiger partial charge in [-0.25, -0.2) is 0 Å². The van der Waals surface area contributed by atoms with Crippen molar-refractivity contribution in [2.24, 2.45) is 0 Å². The molecule has 0 aromatic carbocycles. The molecule has 0 bridgehead atoms. The Morgan fingerprint density at radius 3 is 2.25 bits per heavy atom. The summed E-state index contributed by atoms with van der Waals surface area (Å²) in [5, 5.41) is 17.4. The van der Waals surface area contributed by atoms with Crippen molar-refractivity contribution in [1.29, 1.82) is 5.41 Å². The highest BCUT2D eigenvalue weighted by Crippen LogP contribution is 2.14. The molecule has 0 spiro atoms. The molecular formula is C10H15N3O2S. The van der Waals surface area contributed by atoms with E-state index >= 15 is 0 Å². The second-order valence-corrected chi connectivity index (χ2v) is 3.76. The fourth-order valence-corrected chi connectivity index (χ4v) is 2.01. The van der Waals surface area contributed by atoms with Crippen LogP contribution < -0.4 is 5.56 Å². The first-order valence-corrected chi connectivity index (χ1v) is 5.48. The molecule has 88 valence electrons. The summed E-state index contributed by atoms with van der Waals surface area (Å²) in [4.78, 5) is 11.9. The summed E-state index contributed by atoms with van der Waals surface area (Å²) in [6, 6.07) is 0. The van der Waals surface area contributed by atoms with E-state index in [1.165, 1.54) is 16.1 Å². The van der Waals surface area contributed by atoms with Gasteiger partial charge in [0, 0.05) is 18.8 Å². The molecule has 0 atom stereocenters. The third kappa shape index (κ3) is 1.80. The smallest absolute Gasteiger partial charge is 0.267 e. The van der Waals surface area contributed by atoms with Crippen LogP contribution in [0.4, 0.5) is 0 Å². The molecule has 0 aliphatic rings. The first-order valence-electron chi connectivity index (χ1n) is 5.07. The number of rotatable bonds is 3. The van der Waals surface area contributed by atoms with Gasteiger partial charge < -0.3 is 10.5 Å². The van der Waals surface area contributed by atoms with Gasteiger partial charge in [0.15, 0.2) is 4.77 Å². The average Bonchev–Trinajstić information content (AvgIpc) is 2.18. The molecule has 0 unspecified atom stereocenters. The SMILES string of the molecule is CCn1c(O)c(C(C)=N)c(=O)n(CC)c1=S. The summed E-state index contributed by atoms with van der Waals surface area (Å²) in [5.41, 5.74) is -0.332. The number of hydrogen-bond acceptors (Lipinski definition) is 4. The highest BCUT2D eigenvalue weighted by Gasteiger charge is 2.16. The molecule has 6 heteroatoms. The van der Waals surface area contributed by atoms with Crippen molar-refractivity contribution >= 4 is 17.9 Å². The summed E-state index contributed by atoms with van der Waals surface area (Å²) in [6.45, 7) is 5.99. The highest BCUT2D eigenvalue weighted by atomic mass is 32.1. The van der Waals surface area contributed by atoms with Gasteiger partial charge in [-0.1, -0.05) is 0 Å². The fourth-order valence-electron chi connectivity index (χ4n) is 1.58. The molecule has 0 amide bonds. The second-order valence-electron chi connectivity index (χ2n) is 3.40. The molecule has 1 heterocycles. The number of aromatic hydroxyl groups is 1. The lowest BCUT2D eigenvalue weighted by Crippen LogP contribution is -2.29. The van der Waals surface area contributed by atoms with Crippen LogP contribution >= 0.6 is 12.2 Å². The summed E-state index contributed by atoms with van der Waals surface area (Å²) in [7, 11) is 0. The van der Waals surface area contributed by atoms with Gasteiger partial charge in [0.25, 0.3) is 5.56 Å². The Hall–Kier alpha value is -1.43. The van der Waals surface area contributed by atoms with E-state index in [1.54, 1.807) is 6.92 Å². The van der Waals surface area contributed by atoms with E-state index < -0.39 is 5.56 Å². The van der Waals surface area contributed by atoms with Gasteiger partial charge in [0.05, 0.1) is 0 Å². The topological polar surface area (TPSA) is 71.0 Å². The van der Waals surface area contributed by atoms with Gasteiger partial charge in [-0.2, -0.15) is 0 Å². The zero-order valence-electron chi connectivity index (χ0n) is 9.57. The molecule has 0 radical (unpaired) electrons. The second kappa shape index (κ2) is 4.61. The maximum absolute atomic E-state index is 11.9. The molecule has 1 aromatic rings. The quantitative estimate of drug-likeness (QED) is 0.622. The van der Waals surface area contributed by atoms with E-state index in [4.69, 9.17) is 17.6 Å². The molecule has 1 aromatic heterocycles. The summed E-state index contributed by atoms with van der Waals surface area (Å²) < 4.78 is 3.12. The molecule has 2 N–H and O–H groups in total. The number of nitrogens with one attached hydrogen (secondary N) is 1. The minimum atomic E-state index is -0.401. The zero-order chi connectivity index (χ0) is 12.5. The van der Waals surface area contributed by atoms with Crippen LogP contribution in [0.2, 0.25) is 0 Å². The average molecular weight is 241 g/mol. The standard InChI is InChI=1S/C10H15N3O2S/c1-4-12-8(14)7(6(3)11)9(15)13(5-2)10(12)16/h11,14H,4-5H2,1-3H3. The van der Waals surface area contributed by atoms with Gasteiger partial charge in [-0.15, -0.1) is 0 Å². The maximum Gasteiger partial charge on any atom is 0.267 e. The van der Waals surface area contributed by atoms with Crippen LogP contribution in [-0.2, 0) is 13.1 Å². The lowest BCUT2D eigenvalue weighted by molar-refractivity contribution is 0.399. The molecule has 5 nitrogen and oxygen atoms in total. The van der Waals surface area contributed by atoms with E-state index in [1.807, 2.05) is 6.92 Å². The predicted octanol–water partition coefficient (Wildman–Crippen LogP) is 1.51. The molecule has 16 heavy (non-hydrogen) atoms. The lowest BCUT2D eigenvalue weighted by atomic mass is 10.2. The molecular weight excluding hydrogens is 226 g/mol. The van der Waals surface area contributed by atoms with Crippen LogP contribution in [0.15, 0.2) is 4.79 Å². The van der Waals surface area contributed by atoms with Gasteiger partial charge in [0.1, 0.15) is 5.56 Å². The number of hydrogen-bond donors (Lipinski definition) is 2. The zero-order valence-corrected chi connectivity index (χ0v) is 10.4. The van der Waals surface area contributed by atoms with E-state index in [-0.39, 0.29) is 21.9 Å². The van der Waals surface area contributed by atoms with Crippen molar-refractivity contribution in [2.75, 3.05) is 0 Å². The predicted molar refractivity (Wildman–Crippen MR) is 65.0 cm³/mol. The van der Waals surface area contributed by atoms with Crippen molar-refractivity contribution < 1.29 is 5.11 Å². The highest BCUT2D eigenvalue weighted by molar-refractivity contribution is 7.71. The molecule has 0 saturated carbocycles. The van der Waals surface area contributed by atoms with Gasteiger partial charge >= 0.3 is 0 Å². The number of nitrogens with zero attached hydrogens (tertiary/aromatic N) is 2. The monoisotopic (exact) mass is 241 g/mol. The molecule has 0 fully saturated rings. The first-order chi connectivity index (χ1) is 7.45. The van der Waals surface area contributed by atoms with Crippen LogP contribution in [-0.4, -0.2) is 20.0 Å². The van der Waals surface area contributed by atoms with Crippen LogP contribution in [0.25, 0.3) is 0 Å². The van der Waals surface area contributed by atoms with Crippen LogP contribution in [0.1, 0.15) is 26.3 Å². The Kier molecular flexibility index (Phi) is 3.64.